The predicted octanol–water partition coefficient (Wildman–Crippen LogP) is 3.17. The van der Waals surface area contributed by atoms with Crippen LogP contribution in [0.25, 0.3) is 11.3 Å². The lowest BCUT2D eigenvalue weighted by molar-refractivity contribution is -0.118. The van der Waals surface area contributed by atoms with Crippen molar-refractivity contribution in [3.05, 3.63) is 60.4 Å². The Morgan fingerprint density at radius 2 is 1.90 bits per heavy atom. The van der Waals surface area contributed by atoms with Crippen LogP contribution in [-0.4, -0.2) is 37.7 Å². The second kappa shape index (κ2) is 9.71. The first-order valence-corrected chi connectivity index (χ1v) is 11.0. The number of nitrogens with zero attached hydrogens (tertiary/aromatic N) is 1. The van der Waals surface area contributed by atoms with Gasteiger partial charge in [0.05, 0.1) is 10.6 Å². The molecule has 1 aromatic heterocycles. The summed E-state index contributed by atoms with van der Waals surface area (Å²) in [5, 5.41) is 9.28. The number of aromatic nitrogens is 2. The van der Waals surface area contributed by atoms with Crippen molar-refractivity contribution in [2.24, 2.45) is 5.92 Å². The number of aromatic amines is 1. The summed E-state index contributed by atoms with van der Waals surface area (Å²) in [5.74, 6) is -0.0190. The zero-order chi connectivity index (χ0) is 22.4. The predicted molar refractivity (Wildman–Crippen MR) is 115 cm³/mol. The van der Waals surface area contributed by atoms with E-state index in [1.54, 1.807) is 18.2 Å². The zero-order valence-corrected chi connectivity index (χ0v) is 17.9. The number of carbonyl (C=O) groups excluding carboxylic acids is 1. The Morgan fingerprint density at radius 3 is 2.58 bits per heavy atom. The van der Waals surface area contributed by atoms with Crippen LogP contribution in [0.1, 0.15) is 13.8 Å². The molecule has 31 heavy (non-hydrogen) atoms. The number of nitrogens with one attached hydrogen (secondary N) is 3. The number of H-pyrrole nitrogens is 1. The van der Waals surface area contributed by atoms with Gasteiger partial charge in [-0.05, 0) is 42.3 Å². The van der Waals surface area contributed by atoms with Crippen LogP contribution in [0.3, 0.4) is 0 Å². The molecule has 1 amide bonds. The first-order valence-electron chi connectivity index (χ1n) is 9.56. The molecule has 2 aromatic carbocycles. The van der Waals surface area contributed by atoms with Gasteiger partial charge in [0.25, 0.3) is 5.91 Å². The largest absolute Gasteiger partial charge is 0.484 e. The van der Waals surface area contributed by atoms with Crippen molar-refractivity contribution >= 4 is 21.7 Å². The van der Waals surface area contributed by atoms with Crippen LogP contribution in [-0.2, 0) is 14.8 Å². The summed E-state index contributed by atoms with van der Waals surface area (Å²) in [6, 6.07) is 13.3. The Balaban J connectivity index is 1.53. The maximum atomic E-state index is 13.3. The molecule has 3 N–H and O–H groups in total. The Morgan fingerprint density at radius 1 is 1.16 bits per heavy atom. The van der Waals surface area contributed by atoms with Gasteiger partial charge in [-0.3, -0.25) is 9.89 Å². The molecule has 0 aliphatic rings. The molecule has 0 saturated heterocycles. The average Bonchev–Trinajstić information content (AvgIpc) is 3.20. The van der Waals surface area contributed by atoms with E-state index in [4.69, 9.17) is 4.74 Å². The summed E-state index contributed by atoms with van der Waals surface area (Å²) in [6.07, 6.45) is 0. The lowest BCUT2D eigenvalue weighted by atomic mass is 10.1. The molecule has 0 atom stereocenters. The normalized spacial score (nSPS) is 11.5. The van der Waals surface area contributed by atoms with Crippen molar-refractivity contribution in [3.8, 4) is 17.0 Å². The van der Waals surface area contributed by atoms with E-state index in [1.165, 1.54) is 36.4 Å². The van der Waals surface area contributed by atoms with E-state index in [1.807, 2.05) is 13.8 Å². The lowest BCUT2D eigenvalue weighted by Crippen LogP contribution is -2.27. The number of anilines is 1. The molecular weight excluding hydrogens is 423 g/mol. The van der Waals surface area contributed by atoms with Crippen LogP contribution in [0, 0.1) is 11.7 Å². The standard InChI is InChI=1S/C21H23FN4O4S/c1-14(2)12-23-31(28,29)18-8-6-17(7-9-18)30-13-21(27)24-20-11-19(25-26-20)15-4-3-5-16(22)10-15/h3-11,14,23H,12-13H2,1-2H3,(H2,24,25,26,27). The number of carbonyl (C=O) groups is 1. The smallest absolute Gasteiger partial charge is 0.263 e. The van der Waals surface area contributed by atoms with Gasteiger partial charge in [0.1, 0.15) is 11.6 Å². The third-order valence-corrected chi connectivity index (χ3v) is 5.61. The van der Waals surface area contributed by atoms with E-state index >= 15 is 0 Å². The fourth-order valence-corrected chi connectivity index (χ4v) is 3.81. The minimum atomic E-state index is -3.59. The van der Waals surface area contributed by atoms with E-state index in [2.05, 4.69) is 20.2 Å². The Labute approximate surface area is 179 Å². The van der Waals surface area contributed by atoms with Crippen molar-refractivity contribution in [2.45, 2.75) is 18.7 Å². The van der Waals surface area contributed by atoms with Gasteiger partial charge in [-0.1, -0.05) is 26.0 Å². The maximum Gasteiger partial charge on any atom is 0.263 e. The number of ether oxygens (including phenoxy) is 1. The van der Waals surface area contributed by atoms with Gasteiger partial charge < -0.3 is 10.1 Å². The monoisotopic (exact) mass is 446 g/mol. The van der Waals surface area contributed by atoms with Crippen molar-refractivity contribution in [3.63, 3.8) is 0 Å². The molecule has 0 unspecified atom stereocenters. The first-order chi connectivity index (χ1) is 14.7. The average molecular weight is 447 g/mol. The van der Waals surface area contributed by atoms with Crippen LogP contribution in [0.15, 0.2) is 59.5 Å². The minimum Gasteiger partial charge on any atom is -0.484 e. The van der Waals surface area contributed by atoms with Crippen LogP contribution >= 0.6 is 0 Å². The summed E-state index contributed by atoms with van der Waals surface area (Å²) < 4.78 is 45.6. The van der Waals surface area contributed by atoms with Gasteiger partial charge in [0.15, 0.2) is 12.4 Å². The molecule has 3 aromatic rings. The van der Waals surface area contributed by atoms with Gasteiger partial charge in [0.2, 0.25) is 10.0 Å². The second-order valence-corrected chi connectivity index (χ2v) is 9.00. The van der Waals surface area contributed by atoms with E-state index < -0.39 is 15.9 Å². The molecular formula is C21H23FN4O4S. The lowest BCUT2D eigenvalue weighted by Gasteiger charge is -2.10. The topological polar surface area (TPSA) is 113 Å². The minimum absolute atomic E-state index is 0.117. The van der Waals surface area contributed by atoms with E-state index in [0.717, 1.165) is 0 Å². The number of hydrogen-bond donors (Lipinski definition) is 3. The maximum absolute atomic E-state index is 13.3. The summed E-state index contributed by atoms with van der Waals surface area (Å²) >= 11 is 0. The molecule has 0 aliphatic carbocycles. The van der Waals surface area contributed by atoms with Crippen molar-refractivity contribution in [1.29, 1.82) is 0 Å². The van der Waals surface area contributed by atoms with E-state index in [0.29, 0.717) is 23.6 Å². The number of benzene rings is 2. The first kappa shape index (κ1) is 22.4. The molecule has 10 heteroatoms. The van der Waals surface area contributed by atoms with Gasteiger partial charge in [-0.2, -0.15) is 5.10 Å². The molecule has 164 valence electrons. The summed E-state index contributed by atoms with van der Waals surface area (Å²) in [4.78, 5) is 12.2. The van der Waals surface area contributed by atoms with Gasteiger partial charge in [0, 0.05) is 18.2 Å². The van der Waals surface area contributed by atoms with Crippen molar-refractivity contribution in [1.82, 2.24) is 14.9 Å². The Hall–Kier alpha value is -3.24. The highest BCUT2D eigenvalue weighted by Crippen LogP contribution is 2.20. The molecule has 0 saturated carbocycles. The quantitative estimate of drug-likeness (QED) is 0.467. The molecule has 1 heterocycles. The number of rotatable bonds is 9. The van der Waals surface area contributed by atoms with Gasteiger partial charge >= 0.3 is 0 Å². The number of sulfonamides is 1. The number of amides is 1. The summed E-state index contributed by atoms with van der Waals surface area (Å²) in [5.41, 5.74) is 1.15. The number of halogens is 1. The SMILES string of the molecule is CC(C)CNS(=O)(=O)c1ccc(OCC(=O)Nc2cc(-c3cccc(F)c3)[nH]n2)cc1. The van der Waals surface area contributed by atoms with Crippen LogP contribution in [0.2, 0.25) is 0 Å². The molecule has 0 bridgehead atoms. The molecule has 3 rings (SSSR count). The molecule has 0 radical (unpaired) electrons. The Bertz CT molecular complexity index is 1140. The van der Waals surface area contributed by atoms with Crippen LogP contribution in [0.5, 0.6) is 5.75 Å². The van der Waals surface area contributed by atoms with Gasteiger partial charge in [-0.25, -0.2) is 17.5 Å². The molecule has 8 nitrogen and oxygen atoms in total. The van der Waals surface area contributed by atoms with Crippen LogP contribution in [0.4, 0.5) is 10.2 Å². The van der Waals surface area contributed by atoms with Gasteiger partial charge in [-0.15, -0.1) is 0 Å². The summed E-state index contributed by atoms with van der Waals surface area (Å²) in [6.45, 7) is 3.88. The molecule has 0 fully saturated rings. The van der Waals surface area contributed by atoms with E-state index in [9.17, 15) is 17.6 Å². The highest BCUT2D eigenvalue weighted by molar-refractivity contribution is 7.89. The van der Waals surface area contributed by atoms with Crippen molar-refractivity contribution in [2.75, 3.05) is 18.5 Å². The van der Waals surface area contributed by atoms with E-state index in [-0.39, 0.29) is 29.1 Å². The fourth-order valence-electron chi connectivity index (χ4n) is 2.59. The van der Waals surface area contributed by atoms with Crippen LogP contribution < -0.4 is 14.8 Å². The third kappa shape index (κ3) is 6.37. The zero-order valence-electron chi connectivity index (χ0n) is 17.1. The second-order valence-electron chi connectivity index (χ2n) is 7.23. The molecule has 0 spiro atoms. The highest BCUT2D eigenvalue weighted by Gasteiger charge is 2.14. The van der Waals surface area contributed by atoms with Crippen molar-refractivity contribution < 1.29 is 22.3 Å². The highest BCUT2D eigenvalue weighted by atomic mass is 32.2. The molecule has 0 aliphatic heterocycles. The summed E-state index contributed by atoms with van der Waals surface area (Å²) in [7, 11) is -3.59. The number of hydrogen-bond acceptors (Lipinski definition) is 5. The third-order valence-electron chi connectivity index (χ3n) is 4.17. The Kier molecular flexibility index (Phi) is 7.03. The fraction of sp³-hybridized carbons (Fsp3) is 0.238.